The number of imidazole rings is 1. The molecule has 6 heteroatoms. The molecule has 0 amide bonds. The van der Waals surface area contributed by atoms with Crippen molar-refractivity contribution in [3.63, 3.8) is 0 Å². The maximum absolute atomic E-state index is 5.29. The van der Waals surface area contributed by atoms with Crippen LogP contribution in [0, 0.1) is 0 Å². The Bertz CT molecular complexity index is 871. The fourth-order valence-electron chi connectivity index (χ4n) is 2.58. The van der Waals surface area contributed by atoms with Crippen LogP contribution in [-0.4, -0.2) is 30.0 Å². The first-order valence-electron chi connectivity index (χ1n) is 7.73. The van der Waals surface area contributed by atoms with Crippen LogP contribution in [0.4, 0.5) is 5.95 Å². The van der Waals surface area contributed by atoms with Crippen LogP contribution in [0.3, 0.4) is 0 Å². The highest BCUT2D eigenvalue weighted by Gasteiger charge is 2.07. The van der Waals surface area contributed by atoms with Gasteiger partial charge in [-0.25, -0.2) is 10.4 Å². The van der Waals surface area contributed by atoms with Crippen molar-refractivity contribution in [3.05, 3.63) is 48.0 Å². The number of hydrogen-bond acceptors (Lipinski definition) is 5. The van der Waals surface area contributed by atoms with Crippen LogP contribution in [0.25, 0.3) is 11.0 Å². The first-order valence-corrected chi connectivity index (χ1v) is 7.73. The zero-order valence-electron chi connectivity index (χ0n) is 14.0. The Morgan fingerprint density at radius 1 is 1.12 bits per heavy atom. The summed E-state index contributed by atoms with van der Waals surface area (Å²) in [6, 6.07) is 13.7. The van der Waals surface area contributed by atoms with E-state index in [9.17, 15) is 0 Å². The van der Waals surface area contributed by atoms with Crippen LogP contribution in [0.15, 0.2) is 47.6 Å². The molecular formula is C18H20N4O2. The quantitative estimate of drug-likeness (QED) is 0.557. The maximum atomic E-state index is 5.29. The lowest BCUT2D eigenvalue weighted by atomic mass is 10.2. The van der Waals surface area contributed by atoms with Crippen molar-refractivity contribution < 1.29 is 9.47 Å². The molecule has 3 rings (SSSR count). The molecule has 2 aromatic carbocycles. The second-order valence-corrected chi connectivity index (χ2v) is 5.15. The lowest BCUT2D eigenvalue weighted by molar-refractivity contribution is 0.355. The highest BCUT2D eigenvalue weighted by molar-refractivity contribution is 5.82. The van der Waals surface area contributed by atoms with Crippen molar-refractivity contribution in [2.75, 3.05) is 19.6 Å². The third-order valence-corrected chi connectivity index (χ3v) is 3.76. The molecule has 0 aliphatic heterocycles. The van der Waals surface area contributed by atoms with Gasteiger partial charge in [0.05, 0.1) is 31.5 Å². The molecule has 24 heavy (non-hydrogen) atoms. The van der Waals surface area contributed by atoms with Crippen LogP contribution >= 0.6 is 0 Å². The summed E-state index contributed by atoms with van der Waals surface area (Å²) >= 11 is 0. The number of nitrogens with one attached hydrogen (secondary N) is 1. The largest absolute Gasteiger partial charge is 0.493 e. The maximum Gasteiger partial charge on any atom is 0.224 e. The second-order valence-electron chi connectivity index (χ2n) is 5.15. The van der Waals surface area contributed by atoms with E-state index < -0.39 is 0 Å². The van der Waals surface area contributed by atoms with Crippen LogP contribution < -0.4 is 14.9 Å². The molecule has 3 aromatic rings. The summed E-state index contributed by atoms with van der Waals surface area (Å²) in [5.41, 5.74) is 5.95. The van der Waals surface area contributed by atoms with Gasteiger partial charge in [0.15, 0.2) is 11.5 Å². The Hall–Kier alpha value is -3.02. The second kappa shape index (κ2) is 7.04. The van der Waals surface area contributed by atoms with Crippen LogP contribution in [-0.2, 0) is 6.54 Å². The van der Waals surface area contributed by atoms with E-state index in [0.29, 0.717) is 11.5 Å². The molecule has 1 N–H and O–H groups in total. The van der Waals surface area contributed by atoms with Crippen LogP contribution in [0.5, 0.6) is 11.5 Å². The van der Waals surface area contributed by atoms with Crippen molar-refractivity contribution in [1.29, 1.82) is 0 Å². The number of fused-ring (bicyclic) bond motifs is 1. The minimum Gasteiger partial charge on any atom is -0.493 e. The van der Waals surface area contributed by atoms with Gasteiger partial charge < -0.3 is 14.0 Å². The number of rotatable bonds is 6. The van der Waals surface area contributed by atoms with Gasteiger partial charge in [0.2, 0.25) is 5.95 Å². The molecule has 1 heterocycles. The molecule has 124 valence electrons. The number of nitrogens with zero attached hydrogens (tertiary/aromatic N) is 3. The highest BCUT2D eigenvalue weighted by atomic mass is 16.5. The summed E-state index contributed by atoms with van der Waals surface area (Å²) in [6.07, 6.45) is 1.72. The summed E-state index contributed by atoms with van der Waals surface area (Å²) in [5.74, 6) is 2.08. The normalized spacial score (nSPS) is 11.1. The number of aryl methyl sites for hydroxylation is 1. The van der Waals surface area contributed by atoms with E-state index in [1.165, 1.54) is 0 Å². The van der Waals surface area contributed by atoms with Gasteiger partial charge in [-0.1, -0.05) is 12.1 Å². The molecule has 0 unspecified atom stereocenters. The molecule has 0 aliphatic carbocycles. The lowest BCUT2D eigenvalue weighted by Gasteiger charge is -2.07. The Morgan fingerprint density at radius 3 is 2.67 bits per heavy atom. The molecule has 0 aliphatic rings. The number of ether oxygens (including phenoxy) is 2. The SMILES string of the molecule is CCn1c(N/N=C\c2ccc(OC)c(OC)c2)nc2ccccc21. The van der Waals surface area contributed by atoms with Crippen molar-refractivity contribution in [3.8, 4) is 11.5 Å². The van der Waals surface area contributed by atoms with Crippen LogP contribution in [0.1, 0.15) is 12.5 Å². The Kier molecular flexibility index (Phi) is 4.65. The number of methoxy groups -OCH3 is 2. The van der Waals surface area contributed by atoms with Gasteiger partial charge in [0.25, 0.3) is 0 Å². The molecule has 1 aromatic heterocycles. The minimum atomic E-state index is 0.669. The van der Waals surface area contributed by atoms with E-state index in [-0.39, 0.29) is 0 Å². The summed E-state index contributed by atoms with van der Waals surface area (Å²) in [4.78, 5) is 4.57. The molecular weight excluding hydrogens is 304 g/mol. The number of para-hydroxylation sites is 2. The summed E-state index contributed by atoms with van der Waals surface area (Å²) < 4.78 is 12.6. The van der Waals surface area contributed by atoms with Gasteiger partial charge in [-0.3, -0.25) is 0 Å². The zero-order valence-corrected chi connectivity index (χ0v) is 14.0. The van der Waals surface area contributed by atoms with Gasteiger partial charge in [0, 0.05) is 6.54 Å². The predicted octanol–water partition coefficient (Wildman–Crippen LogP) is 3.52. The minimum absolute atomic E-state index is 0.669. The van der Waals surface area contributed by atoms with E-state index in [2.05, 4.69) is 33.1 Å². The average molecular weight is 324 g/mol. The molecule has 0 saturated carbocycles. The summed E-state index contributed by atoms with van der Waals surface area (Å²) in [5, 5.41) is 4.29. The first kappa shape index (κ1) is 15.9. The van der Waals surface area contributed by atoms with E-state index >= 15 is 0 Å². The number of benzene rings is 2. The molecule has 0 spiro atoms. The van der Waals surface area contributed by atoms with Crippen molar-refractivity contribution in [2.45, 2.75) is 13.5 Å². The standard InChI is InChI=1S/C18H20N4O2/c1-4-22-15-8-6-5-7-14(15)20-18(22)21-19-12-13-9-10-16(23-2)17(11-13)24-3/h5-12H,4H2,1-3H3,(H,20,21)/b19-12-. The number of hydrogen-bond donors (Lipinski definition) is 1. The number of anilines is 1. The van der Waals surface area contributed by atoms with E-state index in [1.54, 1.807) is 20.4 Å². The molecule has 0 fully saturated rings. The van der Waals surface area contributed by atoms with Crippen molar-refractivity contribution >= 4 is 23.2 Å². The molecule has 0 bridgehead atoms. The van der Waals surface area contributed by atoms with E-state index in [4.69, 9.17) is 9.47 Å². The van der Waals surface area contributed by atoms with Gasteiger partial charge >= 0.3 is 0 Å². The third kappa shape index (κ3) is 3.03. The third-order valence-electron chi connectivity index (χ3n) is 3.76. The Balaban J connectivity index is 1.82. The van der Waals surface area contributed by atoms with Crippen molar-refractivity contribution in [2.24, 2.45) is 5.10 Å². The first-order chi connectivity index (χ1) is 11.8. The fraction of sp³-hybridized carbons (Fsp3) is 0.222. The molecule has 0 saturated heterocycles. The highest BCUT2D eigenvalue weighted by Crippen LogP contribution is 2.27. The van der Waals surface area contributed by atoms with Gasteiger partial charge in [-0.05, 0) is 42.8 Å². The van der Waals surface area contributed by atoms with Gasteiger partial charge in [-0.2, -0.15) is 5.10 Å². The molecule has 0 radical (unpaired) electrons. The Morgan fingerprint density at radius 2 is 1.92 bits per heavy atom. The van der Waals surface area contributed by atoms with E-state index in [0.717, 1.165) is 29.1 Å². The topological polar surface area (TPSA) is 60.7 Å². The zero-order chi connectivity index (χ0) is 16.9. The number of hydrazone groups is 1. The Labute approximate surface area is 140 Å². The average Bonchev–Trinajstić information content (AvgIpc) is 2.98. The van der Waals surface area contributed by atoms with Gasteiger partial charge in [-0.15, -0.1) is 0 Å². The fourth-order valence-corrected chi connectivity index (χ4v) is 2.58. The van der Waals surface area contributed by atoms with Gasteiger partial charge in [0.1, 0.15) is 0 Å². The summed E-state index contributed by atoms with van der Waals surface area (Å²) in [6.45, 7) is 2.89. The summed E-state index contributed by atoms with van der Waals surface area (Å²) in [7, 11) is 3.23. The number of aromatic nitrogens is 2. The van der Waals surface area contributed by atoms with Crippen molar-refractivity contribution in [1.82, 2.24) is 9.55 Å². The van der Waals surface area contributed by atoms with Crippen LogP contribution in [0.2, 0.25) is 0 Å². The lowest BCUT2D eigenvalue weighted by Crippen LogP contribution is -2.02. The predicted molar refractivity (Wildman–Crippen MR) is 96.2 cm³/mol. The monoisotopic (exact) mass is 324 g/mol. The molecule has 0 atom stereocenters. The smallest absolute Gasteiger partial charge is 0.224 e. The van der Waals surface area contributed by atoms with E-state index in [1.807, 2.05) is 36.4 Å². The molecule has 6 nitrogen and oxygen atoms in total.